The Morgan fingerprint density at radius 2 is 1.83 bits per heavy atom. The van der Waals surface area contributed by atoms with E-state index in [1.165, 1.54) is 0 Å². The van der Waals surface area contributed by atoms with Gasteiger partial charge in [-0.3, -0.25) is 4.79 Å². The van der Waals surface area contributed by atoms with Gasteiger partial charge in [0.25, 0.3) is 5.91 Å². The lowest BCUT2D eigenvalue weighted by atomic mass is 10.1. The summed E-state index contributed by atoms with van der Waals surface area (Å²) < 4.78 is 6.33. The van der Waals surface area contributed by atoms with Crippen LogP contribution in [0.4, 0.5) is 17.1 Å². The molecule has 0 aromatic heterocycles. The molecule has 0 radical (unpaired) electrons. The number of anilines is 3. The molecule has 1 aliphatic heterocycles. The van der Waals surface area contributed by atoms with Crippen molar-refractivity contribution in [2.45, 2.75) is 0 Å². The highest BCUT2D eigenvalue weighted by molar-refractivity contribution is 9.10. The van der Waals surface area contributed by atoms with E-state index in [2.05, 4.69) is 26.1 Å². The number of benzene rings is 2. The number of carbonyl (C=O) groups excluding carboxylic acids is 1. The second-order valence-electron chi connectivity index (χ2n) is 5.34. The number of morpholine rings is 1. The Labute approximate surface area is 143 Å². The Hall–Kier alpha value is -2.05. The van der Waals surface area contributed by atoms with Crippen LogP contribution in [0.3, 0.4) is 0 Å². The van der Waals surface area contributed by atoms with Crippen molar-refractivity contribution in [3.8, 4) is 0 Å². The molecule has 0 atom stereocenters. The third-order valence-electron chi connectivity index (χ3n) is 3.73. The molecule has 0 unspecified atom stereocenters. The van der Waals surface area contributed by atoms with Gasteiger partial charge in [-0.25, -0.2) is 0 Å². The number of nitrogens with one attached hydrogen (secondary N) is 1. The van der Waals surface area contributed by atoms with Crippen LogP contribution in [0.25, 0.3) is 0 Å². The lowest BCUT2D eigenvalue weighted by Gasteiger charge is -2.30. The van der Waals surface area contributed by atoms with Crippen molar-refractivity contribution in [3.05, 3.63) is 52.5 Å². The third-order valence-corrected chi connectivity index (χ3v) is 4.26. The normalized spacial score (nSPS) is 14.6. The van der Waals surface area contributed by atoms with E-state index in [0.29, 0.717) is 24.5 Å². The van der Waals surface area contributed by atoms with Crippen LogP contribution < -0.4 is 16.0 Å². The predicted octanol–water partition coefficient (Wildman–Crippen LogP) is 3.12. The summed E-state index contributed by atoms with van der Waals surface area (Å²) in [5.41, 5.74) is 8.80. The molecule has 1 saturated heterocycles. The minimum absolute atomic E-state index is 0.155. The molecule has 2 aromatic carbocycles. The van der Waals surface area contributed by atoms with Gasteiger partial charge in [-0.05, 0) is 42.5 Å². The number of ether oxygens (including phenoxy) is 1. The fourth-order valence-corrected chi connectivity index (χ4v) is 2.79. The number of nitrogens with two attached hydrogens (primary N) is 1. The number of hydrogen-bond donors (Lipinski definition) is 2. The summed E-state index contributed by atoms with van der Waals surface area (Å²) in [6, 6.07) is 12.8. The van der Waals surface area contributed by atoms with Crippen LogP contribution in [0.5, 0.6) is 0 Å². The molecule has 5 nitrogen and oxygen atoms in total. The SMILES string of the molecule is Nc1ccc(N2CCOCC2)c(NC(=O)c2ccc(Br)cc2)c1. The molecule has 0 saturated carbocycles. The zero-order valence-corrected chi connectivity index (χ0v) is 14.2. The van der Waals surface area contributed by atoms with Gasteiger partial charge in [0.2, 0.25) is 0 Å². The highest BCUT2D eigenvalue weighted by Crippen LogP contribution is 2.29. The van der Waals surface area contributed by atoms with Crippen molar-refractivity contribution in [1.29, 1.82) is 0 Å². The fraction of sp³-hybridized carbons (Fsp3) is 0.235. The van der Waals surface area contributed by atoms with Crippen LogP contribution in [-0.4, -0.2) is 32.2 Å². The van der Waals surface area contributed by atoms with Crippen LogP contribution in [0.2, 0.25) is 0 Å². The molecule has 0 aliphatic carbocycles. The second-order valence-corrected chi connectivity index (χ2v) is 6.25. The topological polar surface area (TPSA) is 67.6 Å². The van der Waals surface area contributed by atoms with Crippen molar-refractivity contribution in [1.82, 2.24) is 0 Å². The summed E-state index contributed by atoms with van der Waals surface area (Å²) in [7, 11) is 0. The van der Waals surface area contributed by atoms with Gasteiger partial charge in [0.1, 0.15) is 0 Å². The number of rotatable bonds is 3. The molecule has 0 spiro atoms. The van der Waals surface area contributed by atoms with Gasteiger partial charge in [-0.2, -0.15) is 0 Å². The van der Waals surface area contributed by atoms with Crippen LogP contribution in [0, 0.1) is 0 Å². The second kappa shape index (κ2) is 7.02. The summed E-state index contributed by atoms with van der Waals surface area (Å²) in [5, 5.41) is 2.97. The smallest absolute Gasteiger partial charge is 0.255 e. The van der Waals surface area contributed by atoms with Crippen LogP contribution in [0.15, 0.2) is 46.9 Å². The first kappa shape index (κ1) is 15.8. The van der Waals surface area contributed by atoms with E-state index in [4.69, 9.17) is 10.5 Å². The first-order chi connectivity index (χ1) is 11.1. The quantitative estimate of drug-likeness (QED) is 0.808. The highest BCUT2D eigenvalue weighted by Gasteiger charge is 2.17. The first-order valence-electron chi connectivity index (χ1n) is 7.42. The lowest BCUT2D eigenvalue weighted by Crippen LogP contribution is -2.36. The molecule has 1 amide bonds. The van der Waals surface area contributed by atoms with Crippen molar-refractivity contribution in [3.63, 3.8) is 0 Å². The Morgan fingerprint density at radius 3 is 2.52 bits per heavy atom. The van der Waals surface area contributed by atoms with E-state index >= 15 is 0 Å². The van der Waals surface area contributed by atoms with E-state index in [1.807, 2.05) is 24.3 Å². The molecular formula is C17H18BrN3O2. The zero-order chi connectivity index (χ0) is 16.2. The van der Waals surface area contributed by atoms with Gasteiger partial charge < -0.3 is 20.7 Å². The average Bonchev–Trinajstić information content (AvgIpc) is 2.56. The van der Waals surface area contributed by atoms with Crippen LogP contribution >= 0.6 is 15.9 Å². The molecule has 1 aliphatic rings. The Morgan fingerprint density at radius 1 is 1.13 bits per heavy atom. The number of nitrogens with zero attached hydrogens (tertiary/aromatic N) is 1. The fourth-order valence-electron chi connectivity index (χ4n) is 2.53. The first-order valence-corrected chi connectivity index (χ1v) is 8.22. The Kier molecular flexibility index (Phi) is 4.83. The van der Waals surface area contributed by atoms with Crippen molar-refractivity contribution in [2.75, 3.05) is 42.3 Å². The zero-order valence-electron chi connectivity index (χ0n) is 12.6. The number of carbonyl (C=O) groups is 1. The standard InChI is InChI=1S/C17H18BrN3O2/c18-13-3-1-12(2-4-13)17(22)20-15-11-14(19)5-6-16(15)21-7-9-23-10-8-21/h1-6,11H,7-10,19H2,(H,20,22). The lowest BCUT2D eigenvalue weighted by molar-refractivity contribution is 0.102. The molecule has 3 rings (SSSR count). The van der Waals surface area contributed by atoms with Gasteiger partial charge in [-0.15, -0.1) is 0 Å². The van der Waals surface area contributed by atoms with Crippen molar-refractivity contribution >= 4 is 38.9 Å². The van der Waals surface area contributed by atoms with Crippen molar-refractivity contribution < 1.29 is 9.53 Å². The van der Waals surface area contributed by atoms with Crippen LogP contribution in [0.1, 0.15) is 10.4 Å². The monoisotopic (exact) mass is 375 g/mol. The summed E-state index contributed by atoms with van der Waals surface area (Å²) in [6.07, 6.45) is 0. The number of halogens is 1. The minimum Gasteiger partial charge on any atom is -0.399 e. The summed E-state index contributed by atoms with van der Waals surface area (Å²) >= 11 is 3.37. The highest BCUT2D eigenvalue weighted by atomic mass is 79.9. The third kappa shape index (κ3) is 3.83. The minimum atomic E-state index is -0.155. The molecule has 1 fully saturated rings. The summed E-state index contributed by atoms with van der Waals surface area (Å²) in [6.45, 7) is 2.96. The molecule has 23 heavy (non-hydrogen) atoms. The average molecular weight is 376 g/mol. The molecule has 0 bridgehead atoms. The van der Waals surface area contributed by atoms with E-state index in [-0.39, 0.29) is 5.91 Å². The maximum atomic E-state index is 12.5. The Balaban J connectivity index is 1.84. The maximum absolute atomic E-state index is 12.5. The summed E-state index contributed by atoms with van der Waals surface area (Å²) in [5.74, 6) is -0.155. The predicted molar refractivity (Wildman–Crippen MR) is 96.0 cm³/mol. The van der Waals surface area contributed by atoms with E-state index in [0.717, 1.165) is 28.9 Å². The van der Waals surface area contributed by atoms with Gasteiger partial charge >= 0.3 is 0 Å². The molecule has 2 aromatic rings. The maximum Gasteiger partial charge on any atom is 0.255 e. The van der Waals surface area contributed by atoms with E-state index in [9.17, 15) is 4.79 Å². The number of hydrogen-bond acceptors (Lipinski definition) is 4. The molecule has 120 valence electrons. The van der Waals surface area contributed by atoms with Gasteiger partial charge in [-0.1, -0.05) is 15.9 Å². The van der Waals surface area contributed by atoms with Crippen molar-refractivity contribution in [2.24, 2.45) is 0 Å². The number of nitrogen functional groups attached to an aromatic ring is 1. The molecular weight excluding hydrogens is 358 g/mol. The van der Waals surface area contributed by atoms with E-state index < -0.39 is 0 Å². The molecule has 1 heterocycles. The van der Waals surface area contributed by atoms with E-state index in [1.54, 1.807) is 18.2 Å². The number of amides is 1. The van der Waals surface area contributed by atoms with Crippen LogP contribution in [-0.2, 0) is 4.74 Å². The van der Waals surface area contributed by atoms with Gasteiger partial charge in [0, 0.05) is 28.8 Å². The largest absolute Gasteiger partial charge is 0.399 e. The van der Waals surface area contributed by atoms with Gasteiger partial charge in [0.05, 0.1) is 24.6 Å². The summed E-state index contributed by atoms with van der Waals surface area (Å²) in [4.78, 5) is 14.7. The molecule has 6 heteroatoms. The van der Waals surface area contributed by atoms with Gasteiger partial charge in [0.15, 0.2) is 0 Å². The molecule has 3 N–H and O–H groups in total. The Bertz CT molecular complexity index is 697.